The summed E-state index contributed by atoms with van der Waals surface area (Å²) in [4.78, 5) is 0.536. The zero-order chi connectivity index (χ0) is 81.0. The highest BCUT2D eigenvalue weighted by Crippen LogP contribution is 2.33. The summed E-state index contributed by atoms with van der Waals surface area (Å²) in [6.45, 7) is 17.3. The van der Waals surface area contributed by atoms with Gasteiger partial charge in [0.15, 0.2) is 98.4 Å². The molecule has 0 spiro atoms. The van der Waals surface area contributed by atoms with E-state index in [1.54, 1.807) is 0 Å². The van der Waals surface area contributed by atoms with Crippen molar-refractivity contribution in [1.82, 2.24) is 26.6 Å². The average molecular weight is 1800 g/mol. The maximum absolute atomic E-state index is 12.8. The van der Waals surface area contributed by atoms with Crippen LogP contribution in [0, 0.1) is 5.92 Å². The van der Waals surface area contributed by atoms with Crippen LogP contribution in [0.15, 0.2) is 146 Å². The highest BCUT2D eigenvalue weighted by molar-refractivity contribution is 7.98. The van der Waals surface area contributed by atoms with Gasteiger partial charge in [-0.05, 0) is 173 Å². The Morgan fingerprint density at radius 3 is 0.787 bits per heavy atom. The first-order valence-corrected chi connectivity index (χ1v) is 53.4. The number of benzene rings is 5. The van der Waals surface area contributed by atoms with Gasteiger partial charge in [0.1, 0.15) is 0 Å². The Morgan fingerprint density at radius 1 is 0.324 bits per heavy atom. The molecule has 25 nitrogen and oxygen atoms in total. The topological polar surface area (TPSA) is 402 Å². The molecular formula is C68H96Cl5N5O20S10. The maximum atomic E-state index is 12.8. The zero-order valence-corrected chi connectivity index (χ0v) is 72.7. The third-order valence-electron chi connectivity index (χ3n) is 18.2. The second-order valence-corrected chi connectivity index (χ2v) is 51.8. The second kappa shape index (κ2) is 39.0. The smallest absolute Gasteiger partial charge is 0.183 e. The van der Waals surface area contributed by atoms with Crippen molar-refractivity contribution in [3.8, 4) is 0 Å². The molecule has 5 aliphatic rings. The molecule has 0 aromatic heterocycles. The fourth-order valence-corrected chi connectivity index (χ4v) is 36.7. The lowest BCUT2D eigenvalue weighted by Crippen LogP contribution is -2.46. The zero-order valence-electron chi connectivity index (χ0n) is 60.7. The largest absolute Gasteiger partial charge is 0.312 e. The van der Waals surface area contributed by atoms with Crippen LogP contribution in [0.25, 0.3) is 0 Å². The SMILES string of the molecule is CC(C)CN[C@H]1CS(=O)(=O)C[C@@H]1S(=O)(=O)c1ccc(Cl)cc1.CC(C)N[C@H]1CS(=O)(=O)C[C@@H]1S(=O)(=O)c1ccc(Cl)cc1.CCC(C)N[C@H]1CS(=O)(=O)C[C@@H]1S(=O)(=O)c1ccc(Cl)cc1.CCCCN[C@H]1CS(=O)(=O)C[C@@H]1S(=O)(=O)c1ccc(Cl)cc1.CCCN[C@H]1CS(=O)(=O)C[C@@H]1S(=O)(=O)c1ccc(Cl)cc1. The molecule has 5 fully saturated rings. The number of unbranched alkanes of at least 4 members (excludes halogenated alkanes) is 1. The first-order chi connectivity index (χ1) is 49.9. The van der Waals surface area contributed by atoms with E-state index in [1.807, 2.05) is 55.4 Å². The third-order valence-corrected chi connectivity index (χ3v) is 40.3. The minimum absolute atomic E-state index is 0.00576. The van der Waals surface area contributed by atoms with Crippen LogP contribution in [0.2, 0.25) is 25.1 Å². The Hall–Kier alpha value is -3.15. The van der Waals surface area contributed by atoms with Gasteiger partial charge in [-0.3, -0.25) is 0 Å². The molecule has 1 unspecified atom stereocenters. The number of halogens is 5. The van der Waals surface area contributed by atoms with E-state index >= 15 is 0 Å². The minimum atomic E-state index is -3.73. The Labute approximate surface area is 664 Å². The molecule has 0 saturated carbocycles. The molecule has 108 heavy (non-hydrogen) atoms. The van der Waals surface area contributed by atoms with Crippen molar-refractivity contribution in [2.45, 2.75) is 174 Å². The predicted molar refractivity (Wildman–Crippen MR) is 430 cm³/mol. The fraction of sp³-hybridized carbons (Fsp3) is 0.559. The number of hydrogen-bond donors (Lipinski definition) is 5. The molecule has 0 radical (unpaired) electrons. The molecule has 11 atom stereocenters. The lowest BCUT2D eigenvalue weighted by atomic mass is 10.2. The summed E-state index contributed by atoms with van der Waals surface area (Å²) >= 11 is 28.9. The van der Waals surface area contributed by atoms with Gasteiger partial charge in [0.05, 0.1) is 108 Å². The van der Waals surface area contributed by atoms with Gasteiger partial charge in [-0.25, -0.2) is 84.2 Å². The highest BCUT2D eigenvalue weighted by Gasteiger charge is 2.50. The molecule has 0 aliphatic carbocycles. The van der Waals surface area contributed by atoms with Crippen molar-refractivity contribution in [3.63, 3.8) is 0 Å². The van der Waals surface area contributed by atoms with Gasteiger partial charge in [-0.1, -0.05) is 113 Å². The van der Waals surface area contributed by atoms with E-state index in [-0.39, 0.29) is 94.1 Å². The molecule has 10 rings (SSSR count). The monoisotopic (exact) mass is 1800 g/mol. The van der Waals surface area contributed by atoms with Crippen LogP contribution in [-0.4, -0.2) is 230 Å². The van der Waals surface area contributed by atoms with Gasteiger partial charge >= 0.3 is 0 Å². The predicted octanol–water partition coefficient (Wildman–Crippen LogP) is 7.42. The normalized spacial score (nSPS) is 25.1. The van der Waals surface area contributed by atoms with Crippen LogP contribution in [0.3, 0.4) is 0 Å². The van der Waals surface area contributed by atoms with E-state index in [0.717, 1.165) is 25.7 Å². The Bertz CT molecular complexity index is 5060. The summed E-state index contributed by atoms with van der Waals surface area (Å²) in [5.74, 6) is -2.08. The van der Waals surface area contributed by atoms with Crippen molar-refractivity contribution >= 4 is 156 Å². The molecular weight excluding hydrogens is 1700 g/mol. The number of nitrogens with one attached hydrogen (secondary N) is 5. The molecule has 40 heteroatoms. The number of sulfone groups is 10. The molecule has 5 heterocycles. The Morgan fingerprint density at radius 2 is 0.556 bits per heavy atom. The quantitative estimate of drug-likeness (QED) is 0.0355. The van der Waals surface area contributed by atoms with Gasteiger partial charge in [0.2, 0.25) is 0 Å². The van der Waals surface area contributed by atoms with Crippen molar-refractivity contribution in [2.75, 3.05) is 77.2 Å². The number of rotatable bonds is 25. The summed E-state index contributed by atoms with van der Waals surface area (Å²) in [5.41, 5.74) is 0. The van der Waals surface area contributed by atoms with Crippen LogP contribution >= 0.6 is 58.0 Å². The van der Waals surface area contributed by atoms with E-state index in [1.165, 1.54) is 121 Å². The van der Waals surface area contributed by atoms with Crippen LogP contribution in [0.4, 0.5) is 0 Å². The molecule has 0 amide bonds. The third kappa shape index (κ3) is 26.4. The van der Waals surface area contributed by atoms with E-state index in [9.17, 15) is 84.2 Å². The molecule has 608 valence electrons. The second-order valence-electron chi connectivity index (χ2n) is 28.0. The van der Waals surface area contributed by atoms with Gasteiger partial charge in [0.25, 0.3) is 0 Å². The Balaban J connectivity index is 0.000000211. The first-order valence-electron chi connectivity index (χ1n) is 34.6. The van der Waals surface area contributed by atoms with Gasteiger partial charge in [-0.2, -0.15) is 0 Å². The highest BCUT2D eigenvalue weighted by atomic mass is 35.5. The van der Waals surface area contributed by atoms with Gasteiger partial charge in [0, 0.05) is 67.4 Å². The fourth-order valence-electron chi connectivity index (χ4n) is 12.6. The van der Waals surface area contributed by atoms with E-state index < -0.39 is 155 Å². The lowest BCUT2D eigenvalue weighted by molar-refractivity contribution is 0.456. The van der Waals surface area contributed by atoms with Crippen molar-refractivity contribution in [1.29, 1.82) is 0 Å². The molecule has 5 N–H and O–H groups in total. The van der Waals surface area contributed by atoms with Crippen molar-refractivity contribution < 1.29 is 84.2 Å². The van der Waals surface area contributed by atoms with E-state index in [4.69, 9.17) is 58.0 Å². The minimum Gasteiger partial charge on any atom is -0.312 e. The van der Waals surface area contributed by atoms with Gasteiger partial charge < -0.3 is 26.6 Å². The van der Waals surface area contributed by atoms with Gasteiger partial charge in [-0.15, -0.1) is 0 Å². The van der Waals surface area contributed by atoms with E-state index in [0.29, 0.717) is 50.7 Å². The summed E-state index contributed by atoms with van der Waals surface area (Å²) in [7, 11) is -35.4. The molecule has 5 aromatic rings. The van der Waals surface area contributed by atoms with Crippen molar-refractivity contribution in [2.24, 2.45) is 5.92 Å². The molecule has 0 bridgehead atoms. The van der Waals surface area contributed by atoms with Crippen LogP contribution in [0.5, 0.6) is 0 Å². The molecule has 5 aromatic carbocycles. The number of hydrogen-bond acceptors (Lipinski definition) is 25. The molecule has 5 saturated heterocycles. The van der Waals surface area contributed by atoms with Crippen LogP contribution in [0.1, 0.15) is 81.1 Å². The summed E-state index contributed by atoms with van der Waals surface area (Å²) in [5, 5.41) is 12.8. The maximum Gasteiger partial charge on any atom is 0.183 e. The van der Waals surface area contributed by atoms with E-state index in [2.05, 4.69) is 26.6 Å². The first kappa shape index (κ1) is 93.7. The standard InChI is InChI=1S/3C14H20ClNO4S2.2C13H18ClNO4S2/c1-10(2)7-16-13-8-21(17,18)9-14(13)22(19,20)12-5-3-11(15)4-6-12;1-3-10(2)16-13-8-21(17,18)9-14(13)22(19,20)12-6-4-11(15)5-7-12;1-2-3-8-16-13-9-21(17,18)10-14(13)22(19,20)12-6-4-11(15)5-7-12;1-9(2)15-12-7-20(16,17)8-13(12)21(18,19)11-5-3-10(14)4-6-11;1-2-7-15-12-8-20(16,17)9-13(12)21(18,19)11-5-3-10(14)4-6-11/h3-6,10,13-14,16H,7-9H2,1-2H3;4-7,10,13-14,16H,3,8-9H2,1-2H3;4-7,13-14,16H,2-3,8-10H2,1H3;3-6,9,12-13,15H,7-8H2,1-2H3;3-6,12-13,15H,2,7-9H2,1H3/t13-,14-;10?,13-,14-;13-,14-;2*12-,13-/m00000/s1. The summed E-state index contributed by atoms with van der Waals surface area (Å²) in [6.07, 6.45) is 3.44. The summed E-state index contributed by atoms with van der Waals surface area (Å²) in [6, 6.07) is 26.3. The Kier molecular flexibility index (Phi) is 33.8. The van der Waals surface area contributed by atoms with Crippen molar-refractivity contribution in [3.05, 3.63) is 146 Å². The van der Waals surface area contributed by atoms with Crippen LogP contribution < -0.4 is 26.6 Å². The summed E-state index contributed by atoms with van der Waals surface area (Å²) < 4.78 is 246. The average Bonchev–Trinajstić information content (AvgIpc) is 1.64. The lowest BCUT2D eigenvalue weighted by Gasteiger charge is -2.23. The van der Waals surface area contributed by atoms with Crippen LogP contribution in [-0.2, 0) is 98.4 Å². The molecule has 5 aliphatic heterocycles.